The fourth-order valence-corrected chi connectivity index (χ4v) is 2.03. The Bertz CT molecular complexity index is 644. The zero-order chi connectivity index (χ0) is 14.9. The smallest absolute Gasteiger partial charge is 0.418 e. The van der Waals surface area contributed by atoms with Gasteiger partial charge in [0.1, 0.15) is 11.4 Å². The van der Waals surface area contributed by atoms with Crippen molar-refractivity contribution in [2.45, 2.75) is 6.18 Å². The van der Waals surface area contributed by atoms with Crippen LogP contribution in [0.4, 0.5) is 13.2 Å². The average molecular weight is 322 g/mol. The molecule has 1 aromatic carbocycles. The highest BCUT2D eigenvalue weighted by Gasteiger charge is 2.32. The largest absolute Gasteiger partial charge is 0.494 e. The van der Waals surface area contributed by atoms with E-state index in [0.29, 0.717) is 5.56 Å². The molecule has 0 saturated carbocycles. The van der Waals surface area contributed by atoms with Crippen LogP contribution >= 0.6 is 23.2 Å². The SMILES string of the molecule is COc1cc(C(F)(F)F)cnc1-c1cccc(Cl)c1Cl. The number of halogens is 5. The van der Waals surface area contributed by atoms with Crippen LogP contribution in [-0.2, 0) is 6.18 Å². The molecule has 0 saturated heterocycles. The van der Waals surface area contributed by atoms with Gasteiger partial charge in [0, 0.05) is 11.8 Å². The van der Waals surface area contributed by atoms with Crippen LogP contribution in [0.2, 0.25) is 10.0 Å². The molecule has 0 aliphatic carbocycles. The van der Waals surface area contributed by atoms with Crippen LogP contribution in [0.25, 0.3) is 11.3 Å². The van der Waals surface area contributed by atoms with E-state index in [0.717, 1.165) is 12.3 Å². The highest BCUT2D eigenvalue weighted by atomic mass is 35.5. The maximum absolute atomic E-state index is 12.6. The number of nitrogens with zero attached hydrogens (tertiary/aromatic N) is 1. The molecule has 0 amide bonds. The minimum Gasteiger partial charge on any atom is -0.494 e. The molecule has 0 bridgehead atoms. The van der Waals surface area contributed by atoms with E-state index in [9.17, 15) is 13.2 Å². The van der Waals surface area contributed by atoms with Crippen molar-refractivity contribution in [3.05, 3.63) is 46.1 Å². The highest BCUT2D eigenvalue weighted by Crippen LogP contribution is 2.39. The van der Waals surface area contributed by atoms with Crippen molar-refractivity contribution >= 4 is 23.2 Å². The number of methoxy groups -OCH3 is 1. The van der Waals surface area contributed by atoms with Gasteiger partial charge in [-0.05, 0) is 12.1 Å². The van der Waals surface area contributed by atoms with Gasteiger partial charge >= 0.3 is 6.18 Å². The van der Waals surface area contributed by atoms with Gasteiger partial charge < -0.3 is 4.74 Å². The number of hydrogen-bond donors (Lipinski definition) is 0. The first-order chi connectivity index (χ1) is 9.34. The summed E-state index contributed by atoms with van der Waals surface area (Å²) in [5.74, 6) is -0.0241. The molecule has 7 heteroatoms. The number of hydrogen-bond acceptors (Lipinski definition) is 2. The molecular weight excluding hydrogens is 314 g/mol. The van der Waals surface area contributed by atoms with Gasteiger partial charge in [-0.15, -0.1) is 0 Å². The van der Waals surface area contributed by atoms with Gasteiger partial charge in [0.05, 0.1) is 22.7 Å². The van der Waals surface area contributed by atoms with Gasteiger partial charge in [-0.2, -0.15) is 13.2 Å². The monoisotopic (exact) mass is 321 g/mol. The summed E-state index contributed by atoms with van der Waals surface area (Å²) in [5.41, 5.74) is -0.283. The second-order valence-electron chi connectivity index (χ2n) is 3.87. The number of aromatic nitrogens is 1. The van der Waals surface area contributed by atoms with Crippen molar-refractivity contribution in [2.75, 3.05) is 7.11 Å². The molecular formula is C13H8Cl2F3NO. The molecule has 0 atom stereocenters. The summed E-state index contributed by atoms with van der Waals surface area (Å²) in [6.45, 7) is 0. The van der Waals surface area contributed by atoms with Crippen LogP contribution < -0.4 is 4.74 Å². The molecule has 0 fully saturated rings. The third-order valence-electron chi connectivity index (χ3n) is 2.61. The number of rotatable bonds is 2. The van der Waals surface area contributed by atoms with Gasteiger partial charge in [-0.25, -0.2) is 0 Å². The molecule has 1 heterocycles. The standard InChI is InChI=1S/C13H8Cl2F3NO/c1-20-10-5-7(13(16,17)18)6-19-12(10)8-3-2-4-9(14)11(8)15/h2-6H,1H3. The Morgan fingerprint density at radius 1 is 1.20 bits per heavy atom. The predicted molar refractivity (Wildman–Crippen MR) is 71.2 cm³/mol. The Balaban J connectivity index is 2.61. The first-order valence-electron chi connectivity index (χ1n) is 5.40. The lowest BCUT2D eigenvalue weighted by Crippen LogP contribution is -2.06. The first-order valence-corrected chi connectivity index (χ1v) is 6.16. The minimum atomic E-state index is -4.49. The van der Waals surface area contributed by atoms with Gasteiger partial charge in [0.25, 0.3) is 0 Å². The van der Waals surface area contributed by atoms with E-state index in [1.165, 1.54) is 7.11 Å². The average Bonchev–Trinajstić information content (AvgIpc) is 2.40. The Kier molecular flexibility index (Phi) is 4.11. The van der Waals surface area contributed by atoms with E-state index in [2.05, 4.69) is 4.98 Å². The number of benzene rings is 1. The molecule has 106 valence electrons. The van der Waals surface area contributed by atoms with Crippen molar-refractivity contribution in [1.82, 2.24) is 4.98 Å². The van der Waals surface area contributed by atoms with Gasteiger partial charge in [-0.1, -0.05) is 35.3 Å². The fourth-order valence-electron chi connectivity index (χ4n) is 1.64. The molecule has 2 nitrogen and oxygen atoms in total. The Morgan fingerprint density at radius 3 is 2.50 bits per heavy atom. The zero-order valence-corrected chi connectivity index (χ0v) is 11.6. The van der Waals surface area contributed by atoms with Crippen LogP contribution in [0.5, 0.6) is 5.75 Å². The predicted octanol–water partition coefficient (Wildman–Crippen LogP) is 5.08. The van der Waals surface area contributed by atoms with Crippen LogP contribution in [0.15, 0.2) is 30.5 Å². The molecule has 0 N–H and O–H groups in total. The Morgan fingerprint density at radius 2 is 1.90 bits per heavy atom. The van der Waals surface area contributed by atoms with Gasteiger partial charge in [-0.3, -0.25) is 4.98 Å². The third-order valence-corrected chi connectivity index (χ3v) is 3.43. The van der Waals surface area contributed by atoms with Gasteiger partial charge in [0.2, 0.25) is 0 Å². The Hall–Kier alpha value is -1.46. The molecule has 0 unspecified atom stereocenters. The van der Waals surface area contributed by atoms with E-state index in [4.69, 9.17) is 27.9 Å². The fraction of sp³-hybridized carbons (Fsp3) is 0.154. The molecule has 20 heavy (non-hydrogen) atoms. The molecule has 1 aromatic heterocycles. The Labute approximate surface area is 123 Å². The molecule has 0 radical (unpaired) electrons. The molecule has 2 rings (SSSR count). The number of pyridine rings is 1. The topological polar surface area (TPSA) is 22.1 Å². The summed E-state index contributed by atoms with van der Waals surface area (Å²) in [7, 11) is 1.26. The summed E-state index contributed by atoms with van der Waals surface area (Å²) in [6, 6.07) is 5.68. The van der Waals surface area contributed by atoms with E-state index < -0.39 is 11.7 Å². The minimum absolute atomic E-state index is 0.0241. The van der Waals surface area contributed by atoms with Crippen molar-refractivity contribution in [3.63, 3.8) is 0 Å². The molecule has 0 aliphatic heterocycles. The van der Waals surface area contributed by atoms with Crippen LogP contribution in [0.1, 0.15) is 5.56 Å². The van der Waals surface area contributed by atoms with Crippen LogP contribution in [-0.4, -0.2) is 12.1 Å². The summed E-state index contributed by atoms with van der Waals surface area (Å²) in [6.07, 6.45) is -3.76. The normalized spacial score (nSPS) is 11.5. The summed E-state index contributed by atoms with van der Waals surface area (Å²) < 4.78 is 42.9. The van der Waals surface area contributed by atoms with E-state index in [1.807, 2.05) is 0 Å². The van der Waals surface area contributed by atoms with Crippen molar-refractivity contribution in [2.24, 2.45) is 0 Å². The van der Waals surface area contributed by atoms with E-state index in [-0.39, 0.29) is 21.5 Å². The number of ether oxygens (including phenoxy) is 1. The first kappa shape index (κ1) is 14.9. The molecule has 0 spiro atoms. The lowest BCUT2D eigenvalue weighted by molar-refractivity contribution is -0.137. The van der Waals surface area contributed by atoms with Crippen LogP contribution in [0.3, 0.4) is 0 Å². The molecule has 2 aromatic rings. The number of alkyl halides is 3. The third kappa shape index (κ3) is 2.83. The maximum atomic E-state index is 12.6. The maximum Gasteiger partial charge on any atom is 0.418 e. The van der Waals surface area contributed by atoms with Crippen LogP contribution in [0, 0.1) is 0 Å². The van der Waals surface area contributed by atoms with Crippen molar-refractivity contribution < 1.29 is 17.9 Å². The second kappa shape index (κ2) is 5.50. The quantitative estimate of drug-likeness (QED) is 0.769. The molecule has 0 aliphatic rings. The van der Waals surface area contributed by atoms with Crippen molar-refractivity contribution in [3.8, 4) is 17.0 Å². The van der Waals surface area contributed by atoms with E-state index in [1.54, 1.807) is 18.2 Å². The van der Waals surface area contributed by atoms with E-state index >= 15 is 0 Å². The lowest BCUT2D eigenvalue weighted by Gasteiger charge is -2.13. The highest BCUT2D eigenvalue weighted by molar-refractivity contribution is 6.43. The second-order valence-corrected chi connectivity index (χ2v) is 4.66. The summed E-state index contributed by atoms with van der Waals surface area (Å²) in [5, 5.41) is 0.493. The summed E-state index contributed by atoms with van der Waals surface area (Å²) >= 11 is 11.9. The summed E-state index contributed by atoms with van der Waals surface area (Å²) in [4.78, 5) is 3.80. The lowest BCUT2D eigenvalue weighted by atomic mass is 10.1. The van der Waals surface area contributed by atoms with Crippen molar-refractivity contribution in [1.29, 1.82) is 0 Å². The zero-order valence-electron chi connectivity index (χ0n) is 10.1. The van der Waals surface area contributed by atoms with Gasteiger partial charge in [0.15, 0.2) is 0 Å².